The highest BCUT2D eigenvalue weighted by Crippen LogP contribution is 2.47. The fourth-order valence-electron chi connectivity index (χ4n) is 1.66. The number of nitrogens with two attached hydrogens (primary N) is 1. The van der Waals surface area contributed by atoms with E-state index in [1.54, 1.807) is 0 Å². The lowest BCUT2D eigenvalue weighted by Crippen LogP contribution is -2.14. The van der Waals surface area contributed by atoms with Crippen molar-refractivity contribution in [2.75, 3.05) is 0 Å². The Bertz CT molecular complexity index is 321. The van der Waals surface area contributed by atoms with Gasteiger partial charge in [-0.2, -0.15) is 0 Å². The number of rotatable bonds is 2. The van der Waals surface area contributed by atoms with Crippen LogP contribution < -0.4 is 5.73 Å². The van der Waals surface area contributed by atoms with Crippen molar-refractivity contribution in [1.82, 2.24) is 0 Å². The molecule has 0 heterocycles. The molecule has 13 heavy (non-hydrogen) atoms. The van der Waals surface area contributed by atoms with Crippen molar-refractivity contribution >= 4 is 5.84 Å². The number of benzene rings is 1. The Labute approximate surface area is 76.9 Å². The fraction of sp³-hybridized carbons (Fsp3) is 0.300. The molecule has 3 heteroatoms. The van der Waals surface area contributed by atoms with Gasteiger partial charge in [0.1, 0.15) is 5.84 Å². The third kappa shape index (κ3) is 1.49. The van der Waals surface area contributed by atoms with Crippen LogP contribution in [0.2, 0.25) is 0 Å². The summed E-state index contributed by atoms with van der Waals surface area (Å²) >= 11 is 0. The molecule has 0 bridgehead atoms. The van der Waals surface area contributed by atoms with E-state index in [4.69, 9.17) is 10.9 Å². The smallest absolute Gasteiger partial charge is 0.142 e. The van der Waals surface area contributed by atoms with E-state index < -0.39 is 0 Å². The van der Waals surface area contributed by atoms with Crippen LogP contribution in [0.3, 0.4) is 0 Å². The molecule has 0 spiro atoms. The Kier molecular flexibility index (Phi) is 1.93. The molecule has 3 N–H and O–H groups in total. The highest BCUT2D eigenvalue weighted by molar-refractivity contribution is 5.86. The van der Waals surface area contributed by atoms with Crippen molar-refractivity contribution in [1.29, 1.82) is 0 Å². The van der Waals surface area contributed by atoms with Gasteiger partial charge >= 0.3 is 0 Å². The predicted octanol–water partition coefficient (Wildman–Crippen LogP) is 1.54. The molecule has 0 radical (unpaired) electrons. The Morgan fingerprint density at radius 3 is 2.69 bits per heavy atom. The molecule has 1 aromatic carbocycles. The maximum absolute atomic E-state index is 8.47. The minimum Gasteiger partial charge on any atom is -0.409 e. The molecule has 1 aliphatic rings. The Hall–Kier alpha value is -1.51. The molecule has 68 valence electrons. The zero-order valence-corrected chi connectivity index (χ0v) is 7.22. The normalized spacial score (nSPS) is 27.2. The number of hydrogen-bond acceptors (Lipinski definition) is 2. The van der Waals surface area contributed by atoms with Gasteiger partial charge in [0.2, 0.25) is 0 Å². The molecule has 2 rings (SSSR count). The number of hydrogen-bond donors (Lipinski definition) is 2. The highest BCUT2D eigenvalue weighted by Gasteiger charge is 2.41. The molecular formula is C10H12N2O. The van der Waals surface area contributed by atoms with Crippen LogP contribution in [0.5, 0.6) is 0 Å². The average Bonchev–Trinajstić information content (AvgIpc) is 2.98. The summed E-state index contributed by atoms with van der Waals surface area (Å²) in [6.07, 6.45) is 1.000. The Morgan fingerprint density at radius 1 is 1.38 bits per heavy atom. The maximum atomic E-state index is 8.47. The topological polar surface area (TPSA) is 58.6 Å². The van der Waals surface area contributed by atoms with Crippen molar-refractivity contribution in [3.63, 3.8) is 0 Å². The molecule has 1 aromatic rings. The molecule has 1 aliphatic carbocycles. The number of nitrogens with zero attached hydrogens (tertiary/aromatic N) is 1. The summed E-state index contributed by atoms with van der Waals surface area (Å²) in [6.45, 7) is 0. The average molecular weight is 176 g/mol. The van der Waals surface area contributed by atoms with Gasteiger partial charge in [0, 0.05) is 5.92 Å². The Morgan fingerprint density at radius 2 is 2.08 bits per heavy atom. The first-order valence-electron chi connectivity index (χ1n) is 4.35. The van der Waals surface area contributed by atoms with Gasteiger partial charge in [0.25, 0.3) is 0 Å². The van der Waals surface area contributed by atoms with E-state index in [2.05, 4.69) is 17.3 Å². The first-order valence-corrected chi connectivity index (χ1v) is 4.35. The number of amidine groups is 1. The van der Waals surface area contributed by atoms with Gasteiger partial charge in [-0.25, -0.2) is 0 Å². The quantitative estimate of drug-likeness (QED) is 0.311. The molecule has 0 aromatic heterocycles. The standard InChI is InChI=1S/C10H12N2O/c11-10(12-13)9-6-8(9)7-4-2-1-3-5-7/h1-5,8-9,13H,6H2,(H2,11,12). The minimum absolute atomic E-state index is 0.243. The number of oxime groups is 1. The molecule has 2 unspecified atom stereocenters. The summed E-state index contributed by atoms with van der Waals surface area (Å²) in [4.78, 5) is 0. The highest BCUT2D eigenvalue weighted by atomic mass is 16.4. The first kappa shape index (κ1) is 8.10. The van der Waals surface area contributed by atoms with Crippen LogP contribution in [-0.4, -0.2) is 11.0 Å². The van der Waals surface area contributed by atoms with Crippen LogP contribution in [0.1, 0.15) is 17.9 Å². The summed E-state index contributed by atoms with van der Waals surface area (Å²) < 4.78 is 0. The van der Waals surface area contributed by atoms with Crippen molar-refractivity contribution in [2.45, 2.75) is 12.3 Å². The summed E-state index contributed by atoms with van der Waals surface area (Å²) in [6, 6.07) is 10.2. The van der Waals surface area contributed by atoms with E-state index in [9.17, 15) is 0 Å². The second kappa shape index (κ2) is 3.09. The van der Waals surface area contributed by atoms with E-state index >= 15 is 0 Å². The van der Waals surface area contributed by atoms with E-state index in [0.717, 1.165) is 6.42 Å². The maximum Gasteiger partial charge on any atom is 0.142 e. The summed E-state index contributed by atoms with van der Waals surface area (Å²) in [5, 5.41) is 11.5. The SMILES string of the molecule is N/C(=N\O)C1CC1c1ccccc1. The van der Waals surface area contributed by atoms with Gasteiger partial charge in [-0.3, -0.25) is 0 Å². The monoisotopic (exact) mass is 176 g/mol. The van der Waals surface area contributed by atoms with Crippen LogP contribution in [0.25, 0.3) is 0 Å². The third-order valence-electron chi connectivity index (χ3n) is 2.51. The van der Waals surface area contributed by atoms with E-state index in [0.29, 0.717) is 11.8 Å². The lowest BCUT2D eigenvalue weighted by atomic mass is 10.1. The third-order valence-corrected chi connectivity index (χ3v) is 2.51. The van der Waals surface area contributed by atoms with Gasteiger partial charge in [-0.15, -0.1) is 0 Å². The summed E-state index contributed by atoms with van der Waals surface area (Å²) in [7, 11) is 0. The molecular weight excluding hydrogens is 164 g/mol. The predicted molar refractivity (Wildman–Crippen MR) is 50.7 cm³/mol. The molecule has 0 amide bonds. The molecule has 0 saturated heterocycles. The lowest BCUT2D eigenvalue weighted by Gasteiger charge is -1.97. The lowest BCUT2D eigenvalue weighted by molar-refractivity contribution is 0.316. The van der Waals surface area contributed by atoms with Crippen LogP contribution >= 0.6 is 0 Å². The van der Waals surface area contributed by atoms with E-state index in [1.165, 1.54) is 5.56 Å². The molecule has 0 aliphatic heterocycles. The first-order chi connectivity index (χ1) is 6.33. The van der Waals surface area contributed by atoms with Gasteiger partial charge in [-0.05, 0) is 17.9 Å². The van der Waals surface area contributed by atoms with Crippen molar-refractivity contribution in [3.05, 3.63) is 35.9 Å². The van der Waals surface area contributed by atoms with Crippen molar-refractivity contribution in [2.24, 2.45) is 16.8 Å². The second-order valence-corrected chi connectivity index (χ2v) is 3.38. The van der Waals surface area contributed by atoms with Gasteiger partial charge in [0.15, 0.2) is 0 Å². The Balaban J connectivity index is 2.09. The van der Waals surface area contributed by atoms with Crippen LogP contribution in [0.15, 0.2) is 35.5 Å². The van der Waals surface area contributed by atoms with Gasteiger partial charge in [0.05, 0.1) is 0 Å². The zero-order valence-electron chi connectivity index (χ0n) is 7.22. The molecule has 3 nitrogen and oxygen atoms in total. The van der Waals surface area contributed by atoms with Crippen LogP contribution in [-0.2, 0) is 0 Å². The summed E-state index contributed by atoms with van der Waals surface area (Å²) in [5.74, 6) is 1.05. The van der Waals surface area contributed by atoms with Crippen molar-refractivity contribution < 1.29 is 5.21 Å². The molecule has 1 saturated carbocycles. The summed E-state index contributed by atoms with van der Waals surface area (Å²) in [5.41, 5.74) is 6.78. The largest absolute Gasteiger partial charge is 0.409 e. The van der Waals surface area contributed by atoms with Crippen molar-refractivity contribution in [3.8, 4) is 0 Å². The fourth-order valence-corrected chi connectivity index (χ4v) is 1.66. The van der Waals surface area contributed by atoms with E-state index in [1.807, 2.05) is 18.2 Å². The molecule has 1 fully saturated rings. The zero-order chi connectivity index (χ0) is 9.26. The van der Waals surface area contributed by atoms with Gasteiger partial charge < -0.3 is 10.9 Å². The van der Waals surface area contributed by atoms with Crippen LogP contribution in [0.4, 0.5) is 0 Å². The minimum atomic E-state index is 0.243. The van der Waals surface area contributed by atoms with Gasteiger partial charge in [-0.1, -0.05) is 35.5 Å². The molecule has 2 atom stereocenters. The van der Waals surface area contributed by atoms with Crippen LogP contribution in [0, 0.1) is 5.92 Å². The second-order valence-electron chi connectivity index (χ2n) is 3.38. The van der Waals surface area contributed by atoms with E-state index in [-0.39, 0.29) is 5.92 Å².